The van der Waals surface area contributed by atoms with Gasteiger partial charge in [0.1, 0.15) is 11.6 Å². The molecule has 0 unspecified atom stereocenters. The van der Waals surface area contributed by atoms with E-state index in [0.717, 1.165) is 30.4 Å². The Bertz CT molecular complexity index is 544. The summed E-state index contributed by atoms with van der Waals surface area (Å²) in [4.78, 5) is 0. The van der Waals surface area contributed by atoms with Crippen molar-refractivity contribution in [2.24, 2.45) is 0 Å². The van der Waals surface area contributed by atoms with Crippen LogP contribution in [0.2, 0.25) is 0 Å². The molecule has 3 nitrogen and oxygen atoms in total. The van der Waals surface area contributed by atoms with Crippen molar-refractivity contribution in [3.05, 3.63) is 52.9 Å². The predicted molar refractivity (Wildman–Crippen MR) is 69.8 cm³/mol. The minimum Gasteiger partial charge on any atom is -0.313 e. The number of hydrogen-bond acceptors (Lipinski definition) is 2. The molecule has 1 aromatic heterocycles. The van der Waals surface area contributed by atoms with E-state index >= 15 is 0 Å². The first kappa shape index (κ1) is 13.7. The zero-order valence-corrected chi connectivity index (χ0v) is 11.1. The van der Waals surface area contributed by atoms with Gasteiger partial charge in [-0.3, -0.25) is 4.68 Å². The van der Waals surface area contributed by atoms with Gasteiger partial charge in [0, 0.05) is 24.4 Å². The van der Waals surface area contributed by atoms with Crippen LogP contribution in [0.5, 0.6) is 0 Å². The Kier molecular flexibility index (Phi) is 4.27. The number of nitrogens with zero attached hydrogens (tertiary/aromatic N) is 2. The second-order valence-electron chi connectivity index (χ2n) is 4.50. The summed E-state index contributed by atoms with van der Waals surface area (Å²) in [5, 5.41) is 7.58. The molecule has 2 aromatic rings. The molecule has 0 aliphatic heterocycles. The molecule has 0 saturated carbocycles. The summed E-state index contributed by atoms with van der Waals surface area (Å²) >= 11 is 0. The van der Waals surface area contributed by atoms with Gasteiger partial charge in [-0.1, -0.05) is 6.92 Å². The highest BCUT2D eigenvalue weighted by Crippen LogP contribution is 2.11. The van der Waals surface area contributed by atoms with Crippen molar-refractivity contribution in [1.29, 1.82) is 0 Å². The van der Waals surface area contributed by atoms with Crippen LogP contribution in [-0.2, 0) is 13.1 Å². The fourth-order valence-corrected chi connectivity index (χ4v) is 1.96. The molecule has 102 valence electrons. The molecular weight excluding hydrogens is 248 g/mol. The van der Waals surface area contributed by atoms with Gasteiger partial charge in [0.25, 0.3) is 0 Å². The highest BCUT2D eigenvalue weighted by Gasteiger charge is 2.06. The van der Waals surface area contributed by atoms with Crippen LogP contribution in [0, 0.1) is 18.6 Å². The number of nitrogens with one attached hydrogen (secondary N) is 1. The molecule has 0 atom stereocenters. The van der Waals surface area contributed by atoms with Crippen molar-refractivity contribution in [1.82, 2.24) is 15.1 Å². The predicted octanol–water partition coefficient (Wildman–Crippen LogP) is 2.63. The van der Waals surface area contributed by atoms with E-state index in [1.807, 2.05) is 20.0 Å². The van der Waals surface area contributed by atoms with Gasteiger partial charge in [0.05, 0.1) is 12.2 Å². The van der Waals surface area contributed by atoms with Crippen molar-refractivity contribution < 1.29 is 8.78 Å². The Morgan fingerprint density at radius 3 is 2.53 bits per heavy atom. The van der Waals surface area contributed by atoms with E-state index in [1.165, 1.54) is 12.1 Å². The van der Waals surface area contributed by atoms with Crippen LogP contribution < -0.4 is 5.32 Å². The molecule has 1 aromatic carbocycles. The molecule has 5 heteroatoms. The lowest BCUT2D eigenvalue weighted by Crippen LogP contribution is -2.11. The highest BCUT2D eigenvalue weighted by molar-refractivity contribution is 5.20. The first-order chi connectivity index (χ1) is 9.08. The first-order valence-corrected chi connectivity index (χ1v) is 6.27. The van der Waals surface area contributed by atoms with E-state index in [2.05, 4.69) is 10.4 Å². The molecule has 0 amide bonds. The highest BCUT2D eigenvalue weighted by atomic mass is 19.1. The maximum absolute atomic E-state index is 13.1. The lowest BCUT2D eigenvalue weighted by molar-refractivity contribution is 0.574. The molecular formula is C14H17F2N3. The topological polar surface area (TPSA) is 29.9 Å². The number of hydrogen-bond donors (Lipinski definition) is 1. The van der Waals surface area contributed by atoms with Crippen molar-refractivity contribution in [3.63, 3.8) is 0 Å². The second kappa shape index (κ2) is 5.93. The quantitative estimate of drug-likeness (QED) is 0.900. The molecule has 0 aliphatic rings. The largest absolute Gasteiger partial charge is 0.313 e. The third-order valence-corrected chi connectivity index (χ3v) is 2.88. The molecule has 0 radical (unpaired) electrons. The standard InChI is InChI=1S/C14H17F2N3/c1-3-17-7-12-9-19(18-10(12)2)8-11-4-13(15)6-14(16)5-11/h4-6,9,17H,3,7-8H2,1-2H3. The maximum atomic E-state index is 13.1. The Labute approximate surface area is 111 Å². The van der Waals surface area contributed by atoms with Crippen LogP contribution in [-0.4, -0.2) is 16.3 Å². The number of aromatic nitrogens is 2. The van der Waals surface area contributed by atoms with Gasteiger partial charge >= 0.3 is 0 Å². The zero-order valence-electron chi connectivity index (χ0n) is 11.1. The van der Waals surface area contributed by atoms with Crippen molar-refractivity contribution in [2.75, 3.05) is 6.54 Å². The minimum atomic E-state index is -0.563. The van der Waals surface area contributed by atoms with Crippen molar-refractivity contribution >= 4 is 0 Å². The van der Waals surface area contributed by atoms with E-state index in [4.69, 9.17) is 0 Å². The normalized spacial score (nSPS) is 10.9. The van der Waals surface area contributed by atoms with Gasteiger partial charge in [-0.25, -0.2) is 8.78 Å². The van der Waals surface area contributed by atoms with Crippen LogP contribution in [0.4, 0.5) is 8.78 Å². The summed E-state index contributed by atoms with van der Waals surface area (Å²) in [6.07, 6.45) is 1.90. The van der Waals surface area contributed by atoms with E-state index in [-0.39, 0.29) is 0 Å². The lowest BCUT2D eigenvalue weighted by Gasteiger charge is -2.02. The Balaban J connectivity index is 2.14. The van der Waals surface area contributed by atoms with E-state index in [0.29, 0.717) is 12.1 Å². The first-order valence-electron chi connectivity index (χ1n) is 6.27. The molecule has 2 rings (SSSR count). The van der Waals surface area contributed by atoms with Crippen molar-refractivity contribution in [2.45, 2.75) is 26.9 Å². The molecule has 19 heavy (non-hydrogen) atoms. The molecule has 1 N–H and O–H groups in total. The summed E-state index contributed by atoms with van der Waals surface area (Å²) in [6.45, 7) is 5.96. The Morgan fingerprint density at radius 2 is 1.89 bits per heavy atom. The van der Waals surface area contributed by atoms with Crippen LogP contribution in [0.15, 0.2) is 24.4 Å². The molecule has 0 spiro atoms. The smallest absolute Gasteiger partial charge is 0.126 e. The van der Waals surface area contributed by atoms with Gasteiger partial charge in [0.2, 0.25) is 0 Å². The zero-order chi connectivity index (χ0) is 13.8. The summed E-state index contributed by atoms with van der Waals surface area (Å²) in [6, 6.07) is 3.52. The molecule has 1 heterocycles. The average molecular weight is 265 g/mol. The summed E-state index contributed by atoms with van der Waals surface area (Å²) in [7, 11) is 0. The van der Waals surface area contributed by atoms with Crippen LogP contribution in [0.25, 0.3) is 0 Å². The van der Waals surface area contributed by atoms with E-state index < -0.39 is 11.6 Å². The Hall–Kier alpha value is -1.75. The fraction of sp³-hybridized carbons (Fsp3) is 0.357. The van der Waals surface area contributed by atoms with Crippen LogP contribution in [0.1, 0.15) is 23.7 Å². The molecule has 0 aliphatic carbocycles. The summed E-state index contributed by atoms with van der Waals surface area (Å²) in [5.41, 5.74) is 2.59. The van der Waals surface area contributed by atoms with E-state index in [1.54, 1.807) is 4.68 Å². The van der Waals surface area contributed by atoms with Gasteiger partial charge < -0.3 is 5.32 Å². The molecule has 0 bridgehead atoms. The molecule has 0 fully saturated rings. The lowest BCUT2D eigenvalue weighted by atomic mass is 10.2. The van der Waals surface area contributed by atoms with Gasteiger partial charge in [0.15, 0.2) is 0 Å². The number of benzene rings is 1. The molecule has 0 saturated heterocycles. The van der Waals surface area contributed by atoms with Crippen LogP contribution >= 0.6 is 0 Å². The average Bonchev–Trinajstić information content (AvgIpc) is 2.65. The summed E-state index contributed by atoms with van der Waals surface area (Å²) in [5.74, 6) is -1.13. The van der Waals surface area contributed by atoms with Gasteiger partial charge in [-0.15, -0.1) is 0 Å². The number of aryl methyl sites for hydroxylation is 1. The van der Waals surface area contributed by atoms with Crippen LogP contribution in [0.3, 0.4) is 0 Å². The number of rotatable bonds is 5. The van der Waals surface area contributed by atoms with Crippen molar-refractivity contribution in [3.8, 4) is 0 Å². The van der Waals surface area contributed by atoms with Gasteiger partial charge in [-0.05, 0) is 31.2 Å². The number of halogens is 2. The Morgan fingerprint density at radius 1 is 1.21 bits per heavy atom. The summed E-state index contributed by atoms with van der Waals surface area (Å²) < 4.78 is 27.9. The van der Waals surface area contributed by atoms with Gasteiger partial charge in [-0.2, -0.15) is 5.10 Å². The maximum Gasteiger partial charge on any atom is 0.126 e. The fourth-order valence-electron chi connectivity index (χ4n) is 1.96. The third kappa shape index (κ3) is 3.61. The SMILES string of the molecule is CCNCc1cn(Cc2cc(F)cc(F)c2)nc1C. The van der Waals surface area contributed by atoms with E-state index in [9.17, 15) is 8.78 Å². The monoisotopic (exact) mass is 265 g/mol. The minimum absolute atomic E-state index is 0.363. The third-order valence-electron chi connectivity index (χ3n) is 2.88. The second-order valence-corrected chi connectivity index (χ2v) is 4.50.